The summed E-state index contributed by atoms with van der Waals surface area (Å²) in [7, 11) is 0. The van der Waals surface area contributed by atoms with Gasteiger partial charge in [-0.15, -0.1) is 0 Å². The second kappa shape index (κ2) is 6.91. The van der Waals surface area contributed by atoms with E-state index in [1.165, 1.54) is 0 Å². The second-order valence-electron chi connectivity index (χ2n) is 4.48. The van der Waals surface area contributed by atoms with Crippen LogP contribution in [0.2, 0.25) is 0 Å². The number of H-pyrrole nitrogens is 1. The van der Waals surface area contributed by atoms with E-state index in [9.17, 15) is 4.79 Å². The molecule has 1 aromatic carbocycles. The summed E-state index contributed by atoms with van der Waals surface area (Å²) in [6.07, 6.45) is 0.495. The van der Waals surface area contributed by atoms with Crippen molar-refractivity contribution in [2.45, 2.75) is 33.0 Å². The van der Waals surface area contributed by atoms with Crippen molar-refractivity contribution in [2.24, 2.45) is 0 Å². The average molecular weight is 277 g/mol. The first-order valence-corrected chi connectivity index (χ1v) is 6.65. The van der Waals surface area contributed by atoms with Crippen molar-refractivity contribution in [1.29, 1.82) is 0 Å². The Hall–Kier alpha value is -2.08. The van der Waals surface area contributed by atoms with E-state index in [2.05, 4.69) is 15.3 Å². The molecule has 1 heterocycles. The number of nitrogens with zero attached hydrogens (tertiary/aromatic N) is 1. The molecule has 1 atom stereocenters. The van der Waals surface area contributed by atoms with E-state index in [1.54, 1.807) is 0 Å². The highest BCUT2D eigenvalue weighted by Gasteiger charge is 2.06. The van der Waals surface area contributed by atoms with Crippen LogP contribution >= 0.6 is 0 Å². The zero-order valence-electron chi connectivity index (χ0n) is 11.7. The van der Waals surface area contributed by atoms with Gasteiger partial charge in [-0.05, 0) is 25.5 Å². The average Bonchev–Trinajstić information content (AvgIpc) is 2.87. The van der Waals surface area contributed by atoms with Gasteiger partial charge < -0.3 is 14.5 Å². The maximum atomic E-state index is 11.4. The van der Waals surface area contributed by atoms with Crippen LogP contribution in [-0.4, -0.2) is 28.9 Å². The molecule has 0 saturated heterocycles. The summed E-state index contributed by atoms with van der Waals surface area (Å²) in [4.78, 5) is 18.8. The molecule has 0 fully saturated rings. The molecule has 0 saturated carbocycles. The number of aromatic nitrogens is 2. The Balaban J connectivity index is 1.75. The highest BCUT2D eigenvalue weighted by Crippen LogP contribution is 2.10. The smallest absolute Gasteiger partial charge is 0.409 e. The minimum absolute atomic E-state index is 0.101. The Kier molecular flexibility index (Phi) is 4.95. The van der Waals surface area contributed by atoms with E-state index in [4.69, 9.17) is 9.47 Å². The Morgan fingerprint density at radius 2 is 2.25 bits per heavy atom. The molecule has 1 aromatic heterocycles. The van der Waals surface area contributed by atoms with Gasteiger partial charge in [0.15, 0.2) is 6.61 Å². The molecule has 0 radical (unpaired) electrons. The molecule has 1 unspecified atom stereocenters. The molecule has 6 heteroatoms. The molecule has 0 aliphatic rings. The fraction of sp³-hybridized carbons (Fsp3) is 0.429. The lowest BCUT2D eigenvalue weighted by Gasteiger charge is -2.11. The number of fused-ring (bicyclic) bond motifs is 1. The van der Waals surface area contributed by atoms with E-state index in [1.807, 2.05) is 38.1 Å². The highest BCUT2D eigenvalue weighted by atomic mass is 16.6. The third kappa shape index (κ3) is 3.96. The molecule has 2 aromatic rings. The van der Waals surface area contributed by atoms with Crippen molar-refractivity contribution in [3.63, 3.8) is 0 Å². The predicted octanol–water partition coefficient (Wildman–Crippen LogP) is 2.56. The Labute approximate surface area is 117 Å². The first kappa shape index (κ1) is 14.3. The summed E-state index contributed by atoms with van der Waals surface area (Å²) in [5, 5.41) is 2.53. The Bertz CT molecular complexity index is 535. The molecule has 2 N–H and O–H groups in total. The summed E-state index contributed by atoms with van der Waals surface area (Å²) in [5.41, 5.74) is 1.78. The molecular formula is C14H19N3O3. The number of benzene rings is 1. The zero-order chi connectivity index (χ0) is 14.4. The minimum Gasteiger partial charge on any atom is -0.441 e. The van der Waals surface area contributed by atoms with Crippen LogP contribution in [0.25, 0.3) is 11.0 Å². The van der Waals surface area contributed by atoms with Crippen LogP contribution in [0.3, 0.4) is 0 Å². The number of ether oxygens (including phenoxy) is 2. The number of alkyl carbamates (subject to hydrolysis) is 1. The number of aromatic amines is 1. The normalized spacial score (nSPS) is 12.3. The van der Waals surface area contributed by atoms with Crippen molar-refractivity contribution in [3.05, 3.63) is 30.1 Å². The Morgan fingerprint density at radius 3 is 3.00 bits per heavy atom. The molecular weight excluding hydrogens is 258 g/mol. The number of carbonyl (C=O) groups excluding carboxylic acids is 1. The molecule has 0 bridgehead atoms. The molecule has 20 heavy (non-hydrogen) atoms. The summed E-state index contributed by atoms with van der Waals surface area (Å²) in [6.45, 7) is 4.21. The molecule has 1 amide bonds. The number of amides is 1. The monoisotopic (exact) mass is 277 g/mol. The van der Waals surface area contributed by atoms with Gasteiger partial charge in [0.05, 0.1) is 17.1 Å². The third-order valence-electron chi connectivity index (χ3n) is 2.94. The van der Waals surface area contributed by atoms with E-state index >= 15 is 0 Å². The van der Waals surface area contributed by atoms with Gasteiger partial charge in [0.1, 0.15) is 12.6 Å². The van der Waals surface area contributed by atoms with Crippen LogP contribution in [-0.2, 0) is 16.1 Å². The van der Waals surface area contributed by atoms with E-state index < -0.39 is 6.09 Å². The van der Waals surface area contributed by atoms with Crippen LogP contribution in [0.1, 0.15) is 26.1 Å². The summed E-state index contributed by atoms with van der Waals surface area (Å²) in [5.74, 6) is 0.615. The molecule has 108 valence electrons. The van der Waals surface area contributed by atoms with Gasteiger partial charge in [0, 0.05) is 0 Å². The molecule has 0 aliphatic carbocycles. The first-order valence-electron chi connectivity index (χ1n) is 6.65. The largest absolute Gasteiger partial charge is 0.441 e. The number of para-hydroxylation sites is 2. The number of rotatable bonds is 6. The minimum atomic E-state index is -0.520. The SMILES string of the molecule is CCC(C)OCNC(=O)OCc1nc2ccccc2[nH]1. The van der Waals surface area contributed by atoms with Gasteiger partial charge in [-0.2, -0.15) is 0 Å². The summed E-state index contributed by atoms with van der Waals surface area (Å²) < 4.78 is 10.4. The number of imidazole rings is 1. The number of hydrogen-bond acceptors (Lipinski definition) is 4. The van der Waals surface area contributed by atoms with Gasteiger partial charge >= 0.3 is 6.09 Å². The molecule has 0 aliphatic heterocycles. The predicted molar refractivity (Wildman–Crippen MR) is 75.1 cm³/mol. The van der Waals surface area contributed by atoms with Crippen molar-refractivity contribution < 1.29 is 14.3 Å². The molecule has 6 nitrogen and oxygen atoms in total. The number of nitrogens with one attached hydrogen (secondary N) is 2. The van der Waals surface area contributed by atoms with Gasteiger partial charge in [-0.3, -0.25) is 5.32 Å². The summed E-state index contributed by atoms with van der Waals surface area (Å²) >= 11 is 0. The van der Waals surface area contributed by atoms with Crippen molar-refractivity contribution in [1.82, 2.24) is 15.3 Å². The fourth-order valence-corrected chi connectivity index (χ4v) is 1.62. The van der Waals surface area contributed by atoms with Crippen molar-refractivity contribution >= 4 is 17.1 Å². The van der Waals surface area contributed by atoms with Gasteiger partial charge in [0.2, 0.25) is 0 Å². The first-order chi connectivity index (χ1) is 9.69. The van der Waals surface area contributed by atoms with Crippen LogP contribution in [0, 0.1) is 0 Å². The maximum Gasteiger partial charge on any atom is 0.409 e. The fourth-order valence-electron chi connectivity index (χ4n) is 1.62. The van der Waals surface area contributed by atoms with Crippen LogP contribution in [0.4, 0.5) is 4.79 Å². The van der Waals surface area contributed by atoms with Crippen molar-refractivity contribution in [3.8, 4) is 0 Å². The quantitative estimate of drug-likeness (QED) is 0.796. The number of carbonyl (C=O) groups is 1. The van der Waals surface area contributed by atoms with Crippen LogP contribution in [0.5, 0.6) is 0 Å². The third-order valence-corrected chi connectivity index (χ3v) is 2.94. The summed E-state index contributed by atoms with van der Waals surface area (Å²) in [6, 6.07) is 7.65. The zero-order valence-corrected chi connectivity index (χ0v) is 11.7. The number of hydrogen-bond donors (Lipinski definition) is 2. The van der Waals surface area contributed by atoms with Gasteiger partial charge in [-0.1, -0.05) is 19.1 Å². The van der Waals surface area contributed by atoms with Gasteiger partial charge in [0.25, 0.3) is 0 Å². The topological polar surface area (TPSA) is 76.2 Å². The standard InChI is InChI=1S/C14H19N3O3/c1-3-10(2)20-9-15-14(18)19-8-13-16-11-6-4-5-7-12(11)17-13/h4-7,10H,3,8-9H2,1-2H3,(H,15,18)(H,16,17). The lowest BCUT2D eigenvalue weighted by Crippen LogP contribution is -2.28. The lowest BCUT2D eigenvalue weighted by molar-refractivity contribution is 0.0447. The highest BCUT2D eigenvalue weighted by molar-refractivity contribution is 5.74. The van der Waals surface area contributed by atoms with Crippen LogP contribution in [0.15, 0.2) is 24.3 Å². The van der Waals surface area contributed by atoms with E-state index in [0.717, 1.165) is 17.5 Å². The van der Waals surface area contributed by atoms with Crippen molar-refractivity contribution in [2.75, 3.05) is 6.73 Å². The van der Waals surface area contributed by atoms with Crippen LogP contribution < -0.4 is 5.32 Å². The van der Waals surface area contributed by atoms with E-state index in [0.29, 0.717) is 5.82 Å². The second-order valence-corrected chi connectivity index (χ2v) is 4.48. The Morgan fingerprint density at radius 1 is 1.45 bits per heavy atom. The molecule has 0 spiro atoms. The lowest BCUT2D eigenvalue weighted by atomic mass is 10.3. The van der Waals surface area contributed by atoms with Gasteiger partial charge in [-0.25, -0.2) is 9.78 Å². The molecule has 2 rings (SSSR count). The van der Waals surface area contributed by atoms with E-state index in [-0.39, 0.29) is 19.4 Å². The maximum absolute atomic E-state index is 11.4.